The quantitative estimate of drug-likeness (QED) is 0.797. The number of aromatic nitrogens is 3. The molecular weight excluding hydrogens is 206 g/mol. The minimum atomic E-state index is 0.0196. The van der Waals surface area contributed by atoms with Crippen LogP contribution in [0.4, 0.5) is 11.9 Å². The zero-order valence-electron chi connectivity index (χ0n) is 9.82. The maximum atomic E-state index is 5.59. The summed E-state index contributed by atoms with van der Waals surface area (Å²) >= 11 is 0. The van der Waals surface area contributed by atoms with E-state index in [1.54, 1.807) is 0 Å². The van der Waals surface area contributed by atoms with Crippen molar-refractivity contribution < 1.29 is 4.74 Å². The highest BCUT2D eigenvalue weighted by Gasteiger charge is 2.38. The number of nitrogens with zero attached hydrogens (tertiary/aromatic N) is 3. The number of ether oxygens (including phenoxy) is 1. The second-order valence-corrected chi connectivity index (χ2v) is 4.65. The van der Waals surface area contributed by atoms with E-state index in [1.807, 2.05) is 13.8 Å². The smallest absolute Gasteiger partial charge is 0.323 e. The van der Waals surface area contributed by atoms with Crippen molar-refractivity contribution in [1.29, 1.82) is 0 Å². The van der Waals surface area contributed by atoms with Crippen LogP contribution < -0.4 is 15.8 Å². The van der Waals surface area contributed by atoms with Gasteiger partial charge in [0.05, 0.1) is 6.10 Å². The van der Waals surface area contributed by atoms with E-state index in [4.69, 9.17) is 10.5 Å². The lowest BCUT2D eigenvalue weighted by Gasteiger charge is -2.13. The van der Waals surface area contributed by atoms with Gasteiger partial charge >= 0.3 is 6.01 Å². The molecule has 1 heterocycles. The number of nitrogen functional groups attached to an aromatic ring is 1. The van der Waals surface area contributed by atoms with Gasteiger partial charge in [-0.2, -0.15) is 15.0 Å². The lowest BCUT2D eigenvalue weighted by Crippen LogP contribution is -2.20. The zero-order chi connectivity index (χ0) is 11.8. The molecule has 1 aromatic rings. The van der Waals surface area contributed by atoms with Crippen molar-refractivity contribution in [2.45, 2.75) is 45.3 Å². The van der Waals surface area contributed by atoms with E-state index in [0.29, 0.717) is 5.95 Å². The third kappa shape index (κ3) is 2.71. The van der Waals surface area contributed by atoms with Crippen molar-refractivity contribution in [3.8, 4) is 6.01 Å². The molecule has 0 aromatic carbocycles. The fourth-order valence-corrected chi connectivity index (χ4v) is 1.27. The maximum Gasteiger partial charge on any atom is 0.323 e. The van der Waals surface area contributed by atoms with Gasteiger partial charge in [0.2, 0.25) is 11.9 Å². The minimum Gasteiger partial charge on any atom is -0.461 e. The van der Waals surface area contributed by atoms with Crippen LogP contribution in [0.1, 0.15) is 33.6 Å². The molecule has 0 aliphatic heterocycles. The van der Waals surface area contributed by atoms with Gasteiger partial charge in [-0.25, -0.2) is 0 Å². The first-order valence-corrected chi connectivity index (χ1v) is 5.43. The van der Waals surface area contributed by atoms with Gasteiger partial charge in [0.1, 0.15) is 0 Å². The normalized spacial score (nSPS) is 17.2. The number of nitrogens with two attached hydrogens (primary N) is 1. The van der Waals surface area contributed by atoms with Crippen molar-refractivity contribution >= 4 is 11.9 Å². The van der Waals surface area contributed by atoms with Crippen LogP contribution in [0.15, 0.2) is 0 Å². The fraction of sp³-hybridized carbons (Fsp3) is 0.700. The van der Waals surface area contributed by atoms with Crippen LogP contribution in [-0.2, 0) is 0 Å². The van der Waals surface area contributed by atoms with Crippen LogP contribution in [0.5, 0.6) is 6.01 Å². The van der Waals surface area contributed by atoms with Gasteiger partial charge in [-0.1, -0.05) is 0 Å². The summed E-state index contributed by atoms with van der Waals surface area (Å²) in [4.78, 5) is 12.1. The van der Waals surface area contributed by atoms with Gasteiger partial charge in [-0.05, 0) is 33.6 Å². The lowest BCUT2D eigenvalue weighted by molar-refractivity contribution is 0.222. The van der Waals surface area contributed by atoms with Crippen LogP contribution in [0, 0.1) is 0 Å². The fourth-order valence-electron chi connectivity index (χ4n) is 1.27. The lowest BCUT2D eigenvalue weighted by atomic mass is 10.3. The van der Waals surface area contributed by atoms with Gasteiger partial charge in [0.25, 0.3) is 0 Å². The molecule has 1 aliphatic carbocycles. The molecule has 88 valence electrons. The molecule has 0 unspecified atom stereocenters. The summed E-state index contributed by atoms with van der Waals surface area (Å²) < 4.78 is 5.39. The Kier molecular flexibility index (Phi) is 2.57. The van der Waals surface area contributed by atoms with Crippen molar-refractivity contribution in [3.05, 3.63) is 0 Å². The maximum absolute atomic E-state index is 5.59. The van der Waals surface area contributed by atoms with E-state index in [1.165, 1.54) is 0 Å². The third-order valence-corrected chi connectivity index (χ3v) is 2.39. The van der Waals surface area contributed by atoms with Crippen molar-refractivity contribution in [2.75, 3.05) is 11.1 Å². The van der Waals surface area contributed by atoms with E-state index in [9.17, 15) is 0 Å². The van der Waals surface area contributed by atoms with Crippen LogP contribution in [-0.4, -0.2) is 26.6 Å². The molecule has 0 amide bonds. The number of hydrogen-bond donors (Lipinski definition) is 2. The van der Waals surface area contributed by atoms with Gasteiger partial charge < -0.3 is 15.8 Å². The van der Waals surface area contributed by atoms with E-state index in [2.05, 4.69) is 27.2 Å². The first kappa shape index (κ1) is 10.9. The largest absolute Gasteiger partial charge is 0.461 e. The minimum absolute atomic E-state index is 0.0196. The molecule has 3 N–H and O–H groups in total. The first-order chi connectivity index (χ1) is 7.47. The Morgan fingerprint density at radius 2 is 2.00 bits per heavy atom. The summed E-state index contributed by atoms with van der Waals surface area (Å²) in [6, 6.07) is 0.272. The van der Waals surface area contributed by atoms with Crippen LogP contribution in [0.2, 0.25) is 0 Å². The Morgan fingerprint density at radius 3 is 2.56 bits per heavy atom. The molecule has 1 saturated carbocycles. The predicted molar refractivity (Wildman–Crippen MR) is 61.3 cm³/mol. The van der Waals surface area contributed by atoms with Crippen LogP contribution >= 0.6 is 0 Å². The topological polar surface area (TPSA) is 86.0 Å². The standard InChI is InChI=1S/C10H17N5O/c1-6(2)16-9-13-7(11)12-8(14-9)15-10(3)4-5-10/h6H,4-5H2,1-3H3,(H3,11,12,13,14,15). The van der Waals surface area contributed by atoms with Gasteiger partial charge in [0, 0.05) is 5.54 Å². The summed E-state index contributed by atoms with van der Waals surface area (Å²) in [5.41, 5.74) is 5.71. The summed E-state index contributed by atoms with van der Waals surface area (Å²) in [5, 5.41) is 3.22. The number of hydrogen-bond acceptors (Lipinski definition) is 6. The molecule has 0 radical (unpaired) electrons. The first-order valence-electron chi connectivity index (χ1n) is 5.43. The third-order valence-electron chi connectivity index (χ3n) is 2.39. The van der Waals surface area contributed by atoms with Crippen LogP contribution in [0.3, 0.4) is 0 Å². The van der Waals surface area contributed by atoms with Crippen molar-refractivity contribution in [2.24, 2.45) is 0 Å². The summed E-state index contributed by atoms with van der Waals surface area (Å²) in [7, 11) is 0. The Bertz CT molecular complexity index is 389. The molecule has 6 nitrogen and oxygen atoms in total. The number of rotatable bonds is 4. The van der Waals surface area contributed by atoms with E-state index < -0.39 is 0 Å². The second kappa shape index (κ2) is 3.77. The number of anilines is 2. The Morgan fingerprint density at radius 1 is 1.31 bits per heavy atom. The zero-order valence-corrected chi connectivity index (χ0v) is 9.82. The monoisotopic (exact) mass is 223 g/mol. The van der Waals surface area contributed by atoms with Gasteiger partial charge in [0.15, 0.2) is 0 Å². The van der Waals surface area contributed by atoms with Gasteiger partial charge in [-0.3, -0.25) is 0 Å². The molecule has 0 saturated heterocycles. The molecule has 0 spiro atoms. The molecule has 16 heavy (non-hydrogen) atoms. The van der Waals surface area contributed by atoms with Gasteiger partial charge in [-0.15, -0.1) is 0 Å². The summed E-state index contributed by atoms with van der Waals surface area (Å²) in [5.74, 6) is 0.667. The highest BCUT2D eigenvalue weighted by molar-refractivity contribution is 5.37. The van der Waals surface area contributed by atoms with E-state index >= 15 is 0 Å². The Balaban J connectivity index is 2.15. The van der Waals surface area contributed by atoms with E-state index in [-0.39, 0.29) is 23.6 Å². The van der Waals surface area contributed by atoms with Crippen molar-refractivity contribution in [1.82, 2.24) is 15.0 Å². The summed E-state index contributed by atoms with van der Waals surface area (Å²) in [6.45, 7) is 5.94. The molecular formula is C10H17N5O. The molecule has 0 atom stereocenters. The SMILES string of the molecule is CC(C)Oc1nc(N)nc(NC2(C)CC2)n1. The number of nitrogens with one attached hydrogen (secondary N) is 1. The highest BCUT2D eigenvalue weighted by Crippen LogP contribution is 2.37. The van der Waals surface area contributed by atoms with E-state index in [0.717, 1.165) is 12.8 Å². The molecule has 0 bridgehead atoms. The van der Waals surface area contributed by atoms with Crippen LogP contribution in [0.25, 0.3) is 0 Å². The Labute approximate surface area is 94.6 Å². The molecule has 6 heteroatoms. The molecule has 1 fully saturated rings. The molecule has 2 rings (SSSR count). The highest BCUT2D eigenvalue weighted by atomic mass is 16.5. The average Bonchev–Trinajstić information content (AvgIpc) is 2.80. The summed E-state index contributed by atoms with van der Waals surface area (Å²) in [6.07, 6.45) is 2.27. The Hall–Kier alpha value is -1.59. The molecule has 1 aromatic heterocycles. The average molecular weight is 223 g/mol. The second-order valence-electron chi connectivity index (χ2n) is 4.65. The molecule has 1 aliphatic rings. The van der Waals surface area contributed by atoms with Crippen molar-refractivity contribution in [3.63, 3.8) is 0 Å². The predicted octanol–water partition coefficient (Wildman–Crippen LogP) is 1.21.